The highest BCUT2D eigenvalue weighted by Crippen LogP contribution is 2.28. The monoisotopic (exact) mass is 282 g/mol. The number of carboxylic acid groups (broad SMARTS) is 1. The first-order valence-corrected chi connectivity index (χ1v) is 7.87. The van der Waals surface area contributed by atoms with E-state index in [-0.39, 0.29) is 5.91 Å². The fourth-order valence-corrected chi connectivity index (χ4v) is 3.38. The first-order chi connectivity index (χ1) is 9.62. The second-order valence-electron chi connectivity index (χ2n) is 6.25. The van der Waals surface area contributed by atoms with Gasteiger partial charge in [0.2, 0.25) is 5.91 Å². The van der Waals surface area contributed by atoms with Crippen molar-refractivity contribution in [3.05, 3.63) is 0 Å². The normalized spacial score (nSPS) is 25.9. The summed E-state index contributed by atoms with van der Waals surface area (Å²) in [5.41, 5.74) is -1.000. The summed E-state index contributed by atoms with van der Waals surface area (Å²) in [4.78, 5) is 23.6. The Bertz CT molecular complexity index is 345. The molecule has 3 N–H and O–H groups in total. The number of carbonyl (C=O) groups is 2. The van der Waals surface area contributed by atoms with Gasteiger partial charge in [0, 0.05) is 6.42 Å². The van der Waals surface area contributed by atoms with Gasteiger partial charge in [-0.25, -0.2) is 4.79 Å². The van der Waals surface area contributed by atoms with E-state index in [0.29, 0.717) is 25.2 Å². The van der Waals surface area contributed by atoms with Gasteiger partial charge in [-0.15, -0.1) is 0 Å². The minimum atomic E-state index is -1.000. The molecule has 5 nitrogen and oxygen atoms in total. The van der Waals surface area contributed by atoms with E-state index in [1.54, 1.807) is 0 Å². The van der Waals surface area contributed by atoms with Crippen molar-refractivity contribution in [1.29, 1.82) is 0 Å². The summed E-state index contributed by atoms with van der Waals surface area (Å²) in [6.45, 7) is 2.06. The third kappa shape index (κ3) is 3.95. The molecular formula is C15H26N2O3. The maximum atomic E-state index is 12.1. The van der Waals surface area contributed by atoms with E-state index in [1.165, 1.54) is 12.8 Å². The molecule has 1 saturated heterocycles. The van der Waals surface area contributed by atoms with Crippen LogP contribution < -0.4 is 10.6 Å². The molecular weight excluding hydrogens is 256 g/mol. The maximum Gasteiger partial charge on any atom is 0.329 e. The number of carbonyl (C=O) groups excluding carboxylic acids is 1. The van der Waals surface area contributed by atoms with Gasteiger partial charge in [-0.1, -0.05) is 19.3 Å². The van der Waals surface area contributed by atoms with E-state index in [9.17, 15) is 14.7 Å². The van der Waals surface area contributed by atoms with Crippen LogP contribution in [-0.4, -0.2) is 35.6 Å². The third-order valence-electron chi connectivity index (χ3n) is 4.67. The smallest absolute Gasteiger partial charge is 0.329 e. The van der Waals surface area contributed by atoms with Crippen LogP contribution in [0.4, 0.5) is 0 Å². The molecule has 1 unspecified atom stereocenters. The molecule has 0 radical (unpaired) electrons. The van der Waals surface area contributed by atoms with Crippen molar-refractivity contribution in [1.82, 2.24) is 10.6 Å². The zero-order valence-electron chi connectivity index (χ0n) is 12.1. The van der Waals surface area contributed by atoms with Crippen LogP contribution in [0.5, 0.6) is 0 Å². The van der Waals surface area contributed by atoms with Crippen LogP contribution >= 0.6 is 0 Å². The summed E-state index contributed by atoms with van der Waals surface area (Å²) in [5.74, 6) is -0.411. The zero-order valence-corrected chi connectivity index (χ0v) is 12.1. The van der Waals surface area contributed by atoms with Crippen LogP contribution in [0.15, 0.2) is 0 Å². The number of aliphatic carboxylic acids is 1. The van der Waals surface area contributed by atoms with Crippen LogP contribution in [0.25, 0.3) is 0 Å². The van der Waals surface area contributed by atoms with Crippen LogP contribution in [0.3, 0.4) is 0 Å². The van der Waals surface area contributed by atoms with Gasteiger partial charge in [0.25, 0.3) is 0 Å². The topological polar surface area (TPSA) is 78.4 Å². The number of amides is 1. The summed E-state index contributed by atoms with van der Waals surface area (Å²) in [5, 5.41) is 15.6. The fourth-order valence-electron chi connectivity index (χ4n) is 3.38. The molecule has 2 aliphatic rings. The van der Waals surface area contributed by atoms with Gasteiger partial charge in [0.05, 0.1) is 0 Å². The first-order valence-electron chi connectivity index (χ1n) is 7.87. The molecule has 1 aliphatic heterocycles. The summed E-state index contributed by atoms with van der Waals surface area (Å²) in [6, 6.07) is 0. The van der Waals surface area contributed by atoms with Crippen LogP contribution in [-0.2, 0) is 9.59 Å². The molecule has 1 aliphatic carbocycles. The Morgan fingerprint density at radius 2 is 1.95 bits per heavy atom. The quantitative estimate of drug-likeness (QED) is 0.717. The second-order valence-corrected chi connectivity index (χ2v) is 6.25. The summed E-state index contributed by atoms with van der Waals surface area (Å²) < 4.78 is 0. The van der Waals surface area contributed by atoms with Crippen LogP contribution in [0, 0.1) is 5.92 Å². The van der Waals surface area contributed by atoms with Gasteiger partial charge in [-0.05, 0) is 51.1 Å². The lowest BCUT2D eigenvalue weighted by Crippen LogP contribution is -2.55. The fraction of sp³-hybridized carbons (Fsp3) is 0.867. The zero-order chi connectivity index (χ0) is 14.4. The summed E-state index contributed by atoms with van der Waals surface area (Å²) in [6.07, 6.45) is 7.63. The molecule has 0 aromatic rings. The Morgan fingerprint density at radius 1 is 1.20 bits per heavy atom. The van der Waals surface area contributed by atoms with Gasteiger partial charge in [0.1, 0.15) is 5.54 Å². The van der Waals surface area contributed by atoms with Gasteiger partial charge in [-0.2, -0.15) is 0 Å². The second kappa shape index (κ2) is 7.07. The van der Waals surface area contributed by atoms with E-state index >= 15 is 0 Å². The van der Waals surface area contributed by atoms with E-state index in [1.807, 2.05) is 0 Å². The van der Waals surface area contributed by atoms with Crippen molar-refractivity contribution in [2.75, 3.05) is 13.1 Å². The van der Waals surface area contributed by atoms with Crippen molar-refractivity contribution >= 4 is 11.9 Å². The standard InChI is InChI=1S/C15H26N2O3/c18-13(7-6-12-5-4-10-16-11-12)17-15(14(19)20)8-2-1-3-9-15/h12,16H,1-11H2,(H,17,18)(H,19,20). The average molecular weight is 282 g/mol. The SMILES string of the molecule is O=C(CCC1CCCNC1)NC1(C(=O)O)CCCCC1. The summed E-state index contributed by atoms with van der Waals surface area (Å²) in [7, 11) is 0. The van der Waals surface area contributed by atoms with Crippen LogP contribution in [0.2, 0.25) is 0 Å². The Labute approximate surface area is 120 Å². The van der Waals surface area contributed by atoms with E-state index in [2.05, 4.69) is 10.6 Å². The number of hydrogen-bond acceptors (Lipinski definition) is 3. The van der Waals surface area contributed by atoms with Crippen molar-refractivity contribution in [2.24, 2.45) is 5.92 Å². The summed E-state index contributed by atoms with van der Waals surface area (Å²) >= 11 is 0. The first kappa shape index (κ1) is 15.3. The molecule has 20 heavy (non-hydrogen) atoms. The van der Waals surface area contributed by atoms with Crippen molar-refractivity contribution in [3.63, 3.8) is 0 Å². The molecule has 5 heteroatoms. The molecule has 0 bridgehead atoms. The van der Waals surface area contributed by atoms with Crippen LogP contribution in [0.1, 0.15) is 57.8 Å². The lowest BCUT2D eigenvalue weighted by atomic mass is 9.81. The highest BCUT2D eigenvalue weighted by Gasteiger charge is 2.40. The molecule has 1 heterocycles. The molecule has 2 rings (SSSR count). The highest BCUT2D eigenvalue weighted by atomic mass is 16.4. The number of hydrogen-bond donors (Lipinski definition) is 3. The molecule has 0 aromatic carbocycles. The van der Waals surface area contributed by atoms with E-state index in [0.717, 1.165) is 38.8 Å². The molecule has 1 atom stereocenters. The van der Waals surface area contributed by atoms with E-state index in [4.69, 9.17) is 0 Å². The lowest BCUT2D eigenvalue weighted by Gasteiger charge is -2.34. The van der Waals surface area contributed by atoms with Gasteiger partial charge in [-0.3, -0.25) is 4.79 Å². The van der Waals surface area contributed by atoms with Gasteiger partial charge < -0.3 is 15.7 Å². The maximum absolute atomic E-state index is 12.1. The van der Waals surface area contributed by atoms with Gasteiger partial charge >= 0.3 is 5.97 Å². The average Bonchev–Trinajstić information content (AvgIpc) is 2.47. The third-order valence-corrected chi connectivity index (χ3v) is 4.67. The minimum Gasteiger partial charge on any atom is -0.480 e. The predicted octanol–water partition coefficient (Wildman–Crippen LogP) is 1.67. The van der Waals surface area contributed by atoms with Crippen molar-refractivity contribution in [3.8, 4) is 0 Å². The van der Waals surface area contributed by atoms with E-state index < -0.39 is 11.5 Å². The number of piperidine rings is 1. The molecule has 2 fully saturated rings. The van der Waals surface area contributed by atoms with Gasteiger partial charge in [0.15, 0.2) is 0 Å². The molecule has 0 spiro atoms. The molecule has 1 amide bonds. The number of carboxylic acids is 1. The largest absolute Gasteiger partial charge is 0.480 e. The predicted molar refractivity (Wildman–Crippen MR) is 76.4 cm³/mol. The molecule has 0 aromatic heterocycles. The minimum absolute atomic E-state index is 0.0973. The Kier molecular flexibility index (Phi) is 5.40. The number of rotatable bonds is 5. The van der Waals surface area contributed by atoms with Crippen molar-refractivity contribution in [2.45, 2.75) is 63.3 Å². The Hall–Kier alpha value is -1.10. The number of nitrogens with one attached hydrogen (secondary N) is 2. The van der Waals surface area contributed by atoms with Crippen molar-refractivity contribution < 1.29 is 14.7 Å². The molecule has 1 saturated carbocycles. The lowest BCUT2D eigenvalue weighted by molar-refractivity contribution is -0.149. The Balaban J connectivity index is 1.80. The Morgan fingerprint density at radius 3 is 2.55 bits per heavy atom. The highest BCUT2D eigenvalue weighted by molar-refractivity contribution is 5.87. The molecule has 114 valence electrons.